The van der Waals surface area contributed by atoms with Gasteiger partial charge in [-0.15, -0.1) is 0 Å². The highest BCUT2D eigenvalue weighted by Crippen LogP contribution is 2.32. The number of benzene rings is 2. The standard InChI is InChI=1S/C20H26OS2.C8H13N3S/c1-19(2,3)15-7-11-17(12-8-15)22-21-23-18-13-9-16(10-14-18)20(4,5)6;1-7(11-2-3-12)8-4-9-6-10-5-8/h7-14H,1-6H3;4-7,11-12H,2-3H2,1H3. The summed E-state index contributed by atoms with van der Waals surface area (Å²) in [5.41, 5.74) is 4.17. The van der Waals surface area contributed by atoms with Gasteiger partial charge in [-0.3, -0.25) is 0 Å². The molecule has 1 atom stereocenters. The molecule has 0 amide bonds. The Morgan fingerprint density at radius 3 is 1.60 bits per heavy atom. The van der Waals surface area contributed by atoms with Crippen LogP contribution < -0.4 is 5.32 Å². The van der Waals surface area contributed by atoms with Crippen molar-refractivity contribution in [3.8, 4) is 0 Å². The average Bonchev–Trinajstić information content (AvgIpc) is 2.83. The van der Waals surface area contributed by atoms with Crippen LogP contribution in [-0.2, 0) is 14.5 Å². The Morgan fingerprint density at radius 1 is 0.800 bits per heavy atom. The second-order valence-corrected chi connectivity index (χ2v) is 12.6. The van der Waals surface area contributed by atoms with Crippen molar-refractivity contribution in [3.63, 3.8) is 0 Å². The summed E-state index contributed by atoms with van der Waals surface area (Å²) >= 11 is 6.93. The highest BCUT2D eigenvalue weighted by Gasteiger charge is 2.14. The smallest absolute Gasteiger partial charge is 0.115 e. The molecule has 1 heterocycles. The van der Waals surface area contributed by atoms with Crippen LogP contribution in [0.2, 0.25) is 0 Å². The van der Waals surface area contributed by atoms with Gasteiger partial charge < -0.3 is 5.32 Å². The summed E-state index contributed by atoms with van der Waals surface area (Å²) in [6, 6.07) is 17.5. The molecule has 35 heavy (non-hydrogen) atoms. The van der Waals surface area contributed by atoms with Gasteiger partial charge >= 0.3 is 0 Å². The number of rotatable bonds is 8. The Balaban J connectivity index is 0.000000303. The summed E-state index contributed by atoms with van der Waals surface area (Å²) in [4.78, 5) is 10.1. The van der Waals surface area contributed by atoms with E-state index in [1.807, 2.05) is 12.4 Å². The zero-order valence-corrected chi connectivity index (χ0v) is 24.4. The first-order valence-electron chi connectivity index (χ1n) is 11.8. The fraction of sp³-hybridized carbons (Fsp3) is 0.429. The molecule has 0 aliphatic rings. The summed E-state index contributed by atoms with van der Waals surface area (Å²) < 4.78 is 5.69. The third kappa shape index (κ3) is 11.0. The van der Waals surface area contributed by atoms with Crippen molar-refractivity contribution in [1.82, 2.24) is 15.3 Å². The highest BCUT2D eigenvalue weighted by molar-refractivity contribution is 8.07. The van der Waals surface area contributed by atoms with Crippen LogP contribution in [0.3, 0.4) is 0 Å². The summed E-state index contributed by atoms with van der Waals surface area (Å²) in [5.74, 6) is 0.845. The number of nitrogens with one attached hydrogen (secondary N) is 1. The predicted octanol–water partition coefficient (Wildman–Crippen LogP) is 8.07. The Kier molecular flexibility index (Phi) is 12.1. The highest BCUT2D eigenvalue weighted by atomic mass is 32.2. The van der Waals surface area contributed by atoms with Crippen LogP contribution >= 0.6 is 36.7 Å². The van der Waals surface area contributed by atoms with Gasteiger partial charge in [0.1, 0.15) is 6.33 Å². The van der Waals surface area contributed by atoms with Crippen molar-refractivity contribution in [1.29, 1.82) is 0 Å². The molecule has 4 nitrogen and oxygen atoms in total. The fourth-order valence-electron chi connectivity index (χ4n) is 3.05. The molecular formula is C28H39N3OS3. The SMILES string of the molecule is CC(C)(C)c1ccc(SOSc2ccc(C(C)(C)C)cc2)cc1.CC(NCCS)c1cncnc1. The van der Waals surface area contributed by atoms with Crippen LogP contribution in [0.4, 0.5) is 0 Å². The number of aromatic nitrogens is 2. The van der Waals surface area contributed by atoms with Gasteiger partial charge in [-0.2, -0.15) is 12.6 Å². The third-order valence-electron chi connectivity index (χ3n) is 5.34. The van der Waals surface area contributed by atoms with E-state index in [0.717, 1.165) is 27.7 Å². The number of nitrogens with zero attached hydrogens (tertiary/aromatic N) is 2. The molecule has 3 rings (SSSR count). The lowest BCUT2D eigenvalue weighted by atomic mass is 9.87. The maximum atomic E-state index is 5.69. The Morgan fingerprint density at radius 2 is 1.23 bits per heavy atom. The maximum absolute atomic E-state index is 5.69. The summed E-state index contributed by atoms with van der Waals surface area (Å²) in [6.07, 6.45) is 5.18. The van der Waals surface area contributed by atoms with E-state index < -0.39 is 0 Å². The van der Waals surface area contributed by atoms with Gasteiger partial charge in [0, 0.05) is 70.2 Å². The first-order chi connectivity index (χ1) is 16.5. The summed E-state index contributed by atoms with van der Waals surface area (Å²) in [7, 11) is 0. The molecule has 1 N–H and O–H groups in total. The van der Waals surface area contributed by atoms with E-state index in [2.05, 4.69) is 125 Å². The molecule has 0 fully saturated rings. The quantitative estimate of drug-likeness (QED) is 0.227. The Hall–Kier alpha value is -1.51. The molecular weight excluding hydrogens is 491 g/mol. The van der Waals surface area contributed by atoms with Gasteiger partial charge in [0.15, 0.2) is 0 Å². The summed E-state index contributed by atoms with van der Waals surface area (Å²) in [6.45, 7) is 16.3. The monoisotopic (exact) mass is 529 g/mol. The molecule has 2 aromatic carbocycles. The van der Waals surface area contributed by atoms with E-state index >= 15 is 0 Å². The van der Waals surface area contributed by atoms with Crippen LogP contribution in [-0.4, -0.2) is 22.3 Å². The zero-order valence-electron chi connectivity index (χ0n) is 21.9. The largest absolute Gasteiger partial charge is 0.309 e. The molecule has 0 saturated heterocycles. The van der Waals surface area contributed by atoms with E-state index in [4.69, 9.17) is 3.63 Å². The molecule has 7 heteroatoms. The van der Waals surface area contributed by atoms with E-state index in [9.17, 15) is 0 Å². The molecule has 1 unspecified atom stereocenters. The van der Waals surface area contributed by atoms with Crippen LogP contribution in [0.5, 0.6) is 0 Å². The van der Waals surface area contributed by atoms with Gasteiger partial charge in [-0.05, 0) is 53.1 Å². The van der Waals surface area contributed by atoms with Gasteiger partial charge in [-0.1, -0.05) is 65.8 Å². The number of thiol groups is 1. The fourth-order valence-corrected chi connectivity index (χ4v) is 4.44. The minimum absolute atomic E-state index is 0.188. The van der Waals surface area contributed by atoms with E-state index in [1.165, 1.54) is 41.5 Å². The van der Waals surface area contributed by atoms with Gasteiger partial charge in [0.25, 0.3) is 0 Å². The van der Waals surface area contributed by atoms with Crippen molar-refractivity contribution in [2.45, 2.75) is 75.1 Å². The number of hydrogen-bond acceptors (Lipinski definition) is 7. The van der Waals surface area contributed by atoms with Crippen molar-refractivity contribution < 1.29 is 3.63 Å². The van der Waals surface area contributed by atoms with Crippen LogP contribution in [0.15, 0.2) is 77.0 Å². The minimum atomic E-state index is 0.188. The second-order valence-electron chi connectivity index (χ2n) is 10.4. The third-order valence-corrected chi connectivity index (χ3v) is 7.04. The van der Waals surface area contributed by atoms with E-state index in [-0.39, 0.29) is 10.8 Å². The topological polar surface area (TPSA) is 47.0 Å². The van der Waals surface area contributed by atoms with Gasteiger partial charge in [0.2, 0.25) is 0 Å². The lowest BCUT2D eigenvalue weighted by molar-refractivity contribution is 0.589. The lowest BCUT2D eigenvalue weighted by Gasteiger charge is -2.19. The van der Waals surface area contributed by atoms with Gasteiger partial charge in [-0.25, -0.2) is 13.6 Å². The molecule has 0 aliphatic heterocycles. The molecule has 190 valence electrons. The predicted molar refractivity (Wildman–Crippen MR) is 155 cm³/mol. The zero-order chi connectivity index (χ0) is 25.9. The van der Waals surface area contributed by atoms with Crippen molar-refractivity contribution >= 4 is 36.7 Å². The van der Waals surface area contributed by atoms with Gasteiger partial charge in [0.05, 0.1) is 0 Å². The summed E-state index contributed by atoms with van der Waals surface area (Å²) in [5, 5.41) is 3.29. The maximum Gasteiger partial charge on any atom is 0.115 e. The van der Waals surface area contributed by atoms with E-state index in [0.29, 0.717) is 6.04 Å². The first-order valence-corrected chi connectivity index (χ1v) is 13.9. The molecule has 0 aliphatic carbocycles. The lowest BCUT2D eigenvalue weighted by Crippen LogP contribution is -2.20. The second kappa shape index (κ2) is 14.3. The molecule has 0 saturated carbocycles. The number of hydrogen-bond donors (Lipinski definition) is 2. The normalized spacial score (nSPS) is 12.6. The first kappa shape index (κ1) is 29.7. The Labute approximate surface area is 226 Å². The van der Waals surface area contributed by atoms with Crippen molar-refractivity contribution in [3.05, 3.63) is 83.9 Å². The molecule has 0 bridgehead atoms. The Bertz CT molecular complexity index is 926. The average molecular weight is 530 g/mol. The minimum Gasteiger partial charge on any atom is -0.309 e. The molecule has 1 aromatic heterocycles. The molecule has 0 spiro atoms. The molecule has 0 radical (unpaired) electrons. The van der Waals surface area contributed by atoms with E-state index in [1.54, 1.807) is 0 Å². The van der Waals surface area contributed by atoms with Crippen molar-refractivity contribution in [2.24, 2.45) is 0 Å². The van der Waals surface area contributed by atoms with Crippen molar-refractivity contribution in [2.75, 3.05) is 12.3 Å². The van der Waals surface area contributed by atoms with Crippen LogP contribution in [0.1, 0.15) is 71.2 Å². The van der Waals surface area contributed by atoms with Crippen LogP contribution in [0.25, 0.3) is 0 Å². The van der Waals surface area contributed by atoms with Crippen LogP contribution in [0, 0.1) is 0 Å². The molecule has 3 aromatic rings.